The molecule has 3 N–H and O–H groups in total. The summed E-state index contributed by atoms with van der Waals surface area (Å²) in [6.07, 6.45) is 6.00. The SMILES string of the molecule is NC(=O)/C=C\C=C/NC=O. The van der Waals surface area contributed by atoms with E-state index in [9.17, 15) is 9.59 Å². The van der Waals surface area contributed by atoms with Gasteiger partial charge < -0.3 is 11.1 Å². The van der Waals surface area contributed by atoms with Crippen LogP contribution in [-0.2, 0) is 9.59 Å². The molecule has 0 saturated heterocycles. The number of amides is 2. The van der Waals surface area contributed by atoms with E-state index in [1.54, 1.807) is 0 Å². The first-order valence-electron chi connectivity index (χ1n) is 2.59. The molecule has 0 aliphatic heterocycles. The molecule has 0 heterocycles. The van der Waals surface area contributed by atoms with Crippen LogP contribution in [0.3, 0.4) is 0 Å². The van der Waals surface area contributed by atoms with Crippen LogP contribution in [0.2, 0.25) is 0 Å². The van der Waals surface area contributed by atoms with Crippen molar-refractivity contribution in [3.05, 3.63) is 24.4 Å². The smallest absolute Gasteiger partial charge is 0.241 e. The van der Waals surface area contributed by atoms with Gasteiger partial charge in [0.2, 0.25) is 12.3 Å². The van der Waals surface area contributed by atoms with Crippen LogP contribution in [-0.4, -0.2) is 12.3 Å². The Bertz CT molecular complexity index is 173. The molecule has 0 aromatic carbocycles. The zero-order valence-corrected chi connectivity index (χ0v) is 5.28. The van der Waals surface area contributed by atoms with E-state index in [1.165, 1.54) is 24.4 Å². The maximum atomic E-state index is 10.0. The molecule has 10 heavy (non-hydrogen) atoms. The van der Waals surface area contributed by atoms with Crippen molar-refractivity contribution in [1.29, 1.82) is 0 Å². The molecule has 54 valence electrons. The van der Waals surface area contributed by atoms with Crippen molar-refractivity contribution in [2.24, 2.45) is 5.73 Å². The first-order valence-corrected chi connectivity index (χ1v) is 2.59. The molecule has 4 nitrogen and oxygen atoms in total. The van der Waals surface area contributed by atoms with Gasteiger partial charge in [0.25, 0.3) is 0 Å². The number of primary amides is 1. The summed E-state index contributed by atoms with van der Waals surface area (Å²) in [6, 6.07) is 0. The van der Waals surface area contributed by atoms with E-state index in [1.807, 2.05) is 0 Å². The lowest BCUT2D eigenvalue weighted by Gasteiger charge is -1.78. The monoisotopic (exact) mass is 140 g/mol. The van der Waals surface area contributed by atoms with Gasteiger partial charge in [0.15, 0.2) is 0 Å². The number of hydrogen-bond donors (Lipinski definition) is 2. The second-order valence-electron chi connectivity index (χ2n) is 1.41. The largest absolute Gasteiger partial charge is 0.366 e. The van der Waals surface area contributed by atoms with E-state index in [0.29, 0.717) is 6.41 Å². The molecular weight excluding hydrogens is 132 g/mol. The maximum absolute atomic E-state index is 10.0. The fraction of sp³-hybridized carbons (Fsp3) is 0. The molecule has 4 heteroatoms. The highest BCUT2D eigenvalue weighted by Gasteiger charge is 1.76. The Labute approximate surface area is 58.4 Å². The van der Waals surface area contributed by atoms with Gasteiger partial charge in [-0.1, -0.05) is 6.08 Å². The van der Waals surface area contributed by atoms with Crippen LogP contribution in [0.4, 0.5) is 0 Å². The van der Waals surface area contributed by atoms with E-state index in [0.717, 1.165) is 0 Å². The Morgan fingerprint density at radius 1 is 1.40 bits per heavy atom. The topological polar surface area (TPSA) is 72.2 Å². The molecule has 0 bridgehead atoms. The summed E-state index contributed by atoms with van der Waals surface area (Å²) in [6.45, 7) is 0. The van der Waals surface area contributed by atoms with Crippen molar-refractivity contribution in [3.8, 4) is 0 Å². The van der Waals surface area contributed by atoms with Crippen LogP contribution >= 0.6 is 0 Å². The van der Waals surface area contributed by atoms with Crippen molar-refractivity contribution < 1.29 is 9.59 Å². The minimum absolute atomic E-state index is 0.518. The molecule has 0 saturated carbocycles. The van der Waals surface area contributed by atoms with Gasteiger partial charge in [-0.3, -0.25) is 9.59 Å². The molecule has 0 aromatic heterocycles. The van der Waals surface area contributed by atoms with Gasteiger partial charge in [-0.15, -0.1) is 0 Å². The number of nitrogens with one attached hydrogen (secondary N) is 1. The van der Waals surface area contributed by atoms with E-state index in [4.69, 9.17) is 5.73 Å². The third-order valence-electron chi connectivity index (χ3n) is 0.632. The minimum Gasteiger partial charge on any atom is -0.366 e. The molecule has 2 amide bonds. The summed E-state index contributed by atoms with van der Waals surface area (Å²) >= 11 is 0. The van der Waals surface area contributed by atoms with Crippen LogP contribution in [0.15, 0.2) is 24.4 Å². The maximum Gasteiger partial charge on any atom is 0.241 e. The summed E-state index contributed by atoms with van der Waals surface area (Å²) in [5.74, 6) is -0.518. The number of carbonyl (C=O) groups excluding carboxylic acids is 2. The van der Waals surface area contributed by atoms with Crippen LogP contribution in [0, 0.1) is 0 Å². The molecule has 0 fully saturated rings. The zero-order valence-electron chi connectivity index (χ0n) is 5.28. The minimum atomic E-state index is -0.518. The predicted octanol–water partition coefficient (Wildman–Crippen LogP) is -0.712. The Morgan fingerprint density at radius 2 is 2.10 bits per heavy atom. The summed E-state index contributed by atoms with van der Waals surface area (Å²) in [4.78, 5) is 19.7. The van der Waals surface area contributed by atoms with Crippen molar-refractivity contribution in [2.45, 2.75) is 0 Å². The number of carbonyl (C=O) groups is 2. The number of rotatable bonds is 4. The molecule has 0 rings (SSSR count). The quantitative estimate of drug-likeness (QED) is 0.307. The lowest BCUT2D eigenvalue weighted by Crippen LogP contribution is -2.05. The van der Waals surface area contributed by atoms with Crippen LogP contribution in [0.1, 0.15) is 0 Å². The second-order valence-corrected chi connectivity index (χ2v) is 1.41. The van der Waals surface area contributed by atoms with Crippen LogP contribution < -0.4 is 11.1 Å². The van der Waals surface area contributed by atoms with Crippen molar-refractivity contribution in [3.63, 3.8) is 0 Å². The fourth-order valence-corrected chi connectivity index (χ4v) is 0.301. The lowest BCUT2D eigenvalue weighted by atomic mass is 10.4. The van der Waals surface area contributed by atoms with Crippen LogP contribution in [0.5, 0.6) is 0 Å². The highest BCUT2D eigenvalue weighted by atomic mass is 16.1. The predicted molar refractivity (Wildman–Crippen MR) is 36.7 cm³/mol. The Balaban J connectivity index is 3.51. The lowest BCUT2D eigenvalue weighted by molar-refractivity contribution is -0.113. The summed E-state index contributed by atoms with van der Waals surface area (Å²) in [7, 11) is 0. The Kier molecular flexibility index (Phi) is 4.68. The highest BCUT2D eigenvalue weighted by molar-refractivity contribution is 5.85. The summed E-state index contributed by atoms with van der Waals surface area (Å²) < 4.78 is 0. The van der Waals surface area contributed by atoms with Gasteiger partial charge in [-0.25, -0.2) is 0 Å². The molecule has 0 unspecified atom stereocenters. The third kappa shape index (κ3) is 6.42. The average Bonchev–Trinajstić information content (AvgIpc) is 1.87. The van der Waals surface area contributed by atoms with E-state index in [2.05, 4.69) is 5.32 Å². The van der Waals surface area contributed by atoms with Gasteiger partial charge >= 0.3 is 0 Å². The molecule has 0 atom stereocenters. The highest BCUT2D eigenvalue weighted by Crippen LogP contribution is 1.71. The van der Waals surface area contributed by atoms with Gasteiger partial charge in [-0.05, 0) is 6.08 Å². The van der Waals surface area contributed by atoms with Crippen molar-refractivity contribution in [2.75, 3.05) is 0 Å². The van der Waals surface area contributed by atoms with E-state index in [-0.39, 0.29) is 0 Å². The van der Waals surface area contributed by atoms with Crippen LogP contribution in [0.25, 0.3) is 0 Å². The summed E-state index contributed by atoms with van der Waals surface area (Å²) in [5, 5.41) is 2.26. The number of allylic oxidation sites excluding steroid dienone is 2. The standard InChI is InChI=1S/C6H8N2O2/c7-6(10)3-1-2-4-8-5-9/h1-5H,(H2,7,10)(H,8,9)/b3-1-,4-2-. The second kappa shape index (κ2) is 5.55. The van der Waals surface area contributed by atoms with Gasteiger partial charge in [0, 0.05) is 12.3 Å². The first-order chi connectivity index (χ1) is 4.77. The molecule has 0 aliphatic rings. The van der Waals surface area contributed by atoms with Gasteiger partial charge in [0.1, 0.15) is 0 Å². The van der Waals surface area contributed by atoms with Gasteiger partial charge in [-0.2, -0.15) is 0 Å². The Hall–Kier alpha value is -1.58. The zero-order chi connectivity index (χ0) is 7.82. The van der Waals surface area contributed by atoms with Crippen molar-refractivity contribution in [1.82, 2.24) is 5.32 Å². The van der Waals surface area contributed by atoms with Crippen molar-refractivity contribution >= 4 is 12.3 Å². The van der Waals surface area contributed by atoms with Gasteiger partial charge in [0.05, 0.1) is 0 Å². The average molecular weight is 140 g/mol. The summed E-state index contributed by atoms with van der Waals surface area (Å²) in [5.41, 5.74) is 4.76. The Morgan fingerprint density at radius 3 is 2.60 bits per heavy atom. The first kappa shape index (κ1) is 8.42. The molecule has 0 aromatic rings. The molecule has 0 spiro atoms. The molecule has 0 aliphatic carbocycles. The molecular formula is C6H8N2O2. The number of nitrogens with two attached hydrogens (primary N) is 1. The number of hydrogen-bond acceptors (Lipinski definition) is 2. The third-order valence-corrected chi connectivity index (χ3v) is 0.632. The fourth-order valence-electron chi connectivity index (χ4n) is 0.301. The normalized spacial score (nSPS) is 10.4. The van der Waals surface area contributed by atoms with E-state index >= 15 is 0 Å². The molecule has 0 radical (unpaired) electrons. The van der Waals surface area contributed by atoms with E-state index < -0.39 is 5.91 Å².